The van der Waals surface area contributed by atoms with E-state index >= 15 is 0 Å². The average Bonchev–Trinajstić information content (AvgIpc) is 2.76. The van der Waals surface area contributed by atoms with E-state index in [2.05, 4.69) is 4.90 Å². The van der Waals surface area contributed by atoms with Gasteiger partial charge in [0, 0.05) is 0 Å². The van der Waals surface area contributed by atoms with E-state index in [-0.39, 0.29) is 0 Å². The number of likely N-dealkylation sites (tertiary alicyclic amines) is 1. The van der Waals surface area contributed by atoms with Crippen LogP contribution in [0.1, 0.15) is 24.4 Å². The molecule has 1 aliphatic rings. The van der Waals surface area contributed by atoms with Gasteiger partial charge in [0.05, 0.1) is 13.1 Å². The van der Waals surface area contributed by atoms with Gasteiger partial charge in [-0.3, -0.25) is 4.90 Å². The van der Waals surface area contributed by atoms with Crippen molar-refractivity contribution in [1.82, 2.24) is 4.90 Å². The summed E-state index contributed by atoms with van der Waals surface area (Å²) in [6.45, 7) is 3.86. The van der Waals surface area contributed by atoms with Crippen LogP contribution in [0.4, 0.5) is 0 Å². The molecule has 0 radical (unpaired) electrons. The minimum Gasteiger partial charge on any atom is -0.463 e. The number of nitrogens with zero attached hydrogens (tertiary/aromatic N) is 1. The Morgan fingerprint density at radius 2 is 1.92 bits per heavy atom. The maximum atomic E-state index is 5.53. The zero-order chi connectivity index (χ0) is 9.10. The Morgan fingerprint density at radius 1 is 1.23 bits per heavy atom. The molecule has 1 aromatic rings. The molecule has 1 saturated heterocycles. The predicted octanol–water partition coefficient (Wildman–Crippen LogP) is 1.33. The summed E-state index contributed by atoms with van der Waals surface area (Å²) in [6, 6.07) is 3.99. The van der Waals surface area contributed by atoms with Gasteiger partial charge < -0.3 is 10.2 Å². The zero-order valence-corrected chi connectivity index (χ0v) is 7.83. The summed E-state index contributed by atoms with van der Waals surface area (Å²) in [5, 5.41) is 0. The smallest absolute Gasteiger partial charge is 0.118 e. The van der Waals surface area contributed by atoms with Crippen LogP contribution in [-0.4, -0.2) is 18.0 Å². The topological polar surface area (TPSA) is 42.4 Å². The maximum absolute atomic E-state index is 5.53. The fourth-order valence-corrected chi connectivity index (χ4v) is 1.78. The minimum atomic E-state index is 0.500. The molecule has 0 spiro atoms. The number of nitrogens with two attached hydrogens (primary N) is 1. The molecule has 0 aliphatic carbocycles. The number of hydrogen-bond donors (Lipinski definition) is 1. The van der Waals surface area contributed by atoms with Gasteiger partial charge in [-0.15, -0.1) is 0 Å². The summed E-state index contributed by atoms with van der Waals surface area (Å²) in [5.74, 6) is 1.93. The lowest BCUT2D eigenvalue weighted by molar-refractivity contribution is 0.293. The van der Waals surface area contributed by atoms with Gasteiger partial charge in [0.15, 0.2) is 0 Å². The summed E-state index contributed by atoms with van der Waals surface area (Å²) in [7, 11) is 0. The number of rotatable bonds is 3. The molecule has 0 saturated carbocycles. The van der Waals surface area contributed by atoms with E-state index < -0.39 is 0 Å². The van der Waals surface area contributed by atoms with Crippen molar-refractivity contribution in [3.05, 3.63) is 23.7 Å². The molecule has 1 aliphatic heterocycles. The fraction of sp³-hybridized carbons (Fsp3) is 0.600. The van der Waals surface area contributed by atoms with Gasteiger partial charge in [-0.1, -0.05) is 0 Å². The monoisotopic (exact) mass is 180 g/mol. The van der Waals surface area contributed by atoms with Gasteiger partial charge >= 0.3 is 0 Å². The van der Waals surface area contributed by atoms with Crippen LogP contribution in [0.25, 0.3) is 0 Å². The first-order valence-electron chi connectivity index (χ1n) is 4.88. The van der Waals surface area contributed by atoms with Crippen molar-refractivity contribution < 1.29 is 4.42 Å². The van der Waals surface area contributed by atoms with Crippen LogP contribution in [0.3, 0.4) is 0 Å². The highest BCUT2D eigenvalue weighted by molar-refractivity contribution is 5.06. The summed E-state index contributed by atoms with van der Waals surface area (Å²) < 4.78 is 5.53. The van der Waals surface area contributed by atoms with E-state index in [9.17, 15) is 0 Å². The van der Waals surface area contributed by atoms with Crippen molar-refractivity contribution in [2.45, 2.75) is 25.9 Å². The molecule has 72 valence electrons. The van der Waals surface area contributed by atoms with Crippen LogP contribution in [0, 0.1) is 0 Å². The van der Waals surface area contributed by atoms with Gasteiger partial charge in [-0.25, -0.2) is 0 Å². The third kappa shape index (κ3) is 2.11. The standard InChI is InChI=1S/C10H16N2O/c11-7-9-3-4-10(13-9)8-12-5-1-2-6-12/h3-4H,1-2,5-8,11H2. The molecule has 2 heterocycles. The maximum Gasteiger partial charge on any atom is 0.118 e. The lowest BCUT2D eigenvalue weighted by Gasteiger charge is -2.11. The Labute approximate surface area is 78.5 Å². The van der Waals surface area contributed by atoms with Gasteiger partial charge in [-0.2, -0.15) is 0 Å². The molecular formula is C10H16N2O. The third-order valence-corrected chi connectivity index (χ3v) is 2.50. The van der Waals surface area contributed by atoms with Gasteiger partial charge in [-0.05, 0) is 38.1 Å². The fourth-order valence-electron chi connectivity index (χ4n) is 1.78. The predicted molar refractivity (Wildman–Crippen MR) is 51.1 cm³/mol. The lowest BCUT2D eigenvalue weighted by atomic mass is 10.4. The largest absolute Gasteiger partial charge is 0.463 e. The second-order valence-corrected chi connectivity index (χ2v) is 3.56. The van der Waals surface area contributed by atoms with Crippen molar-refractivity contribution in [3.8, 4) is 0 Å². The number of hydrogen-bond acceptors (Lipinski definition) is 3. The van der Waals surface area contributed by atoms with Crippen LogP contribution < -0.4 is 5.73 Å². The molecule has 2 N–H and O–H groups in total. The Bertz CT molecular complexity index is 264. The first kappa shape index (κ1) is 8.78. The highest BCUT2D eigenvalue weighted by atomic mass is 16.3. The molecule has 0 atom stereocenters. The Kier molecular flexibility index (Phi) is 2.66. The highest BCUT2D eigenvalue weighted by Gasteiger charge is 2.13. The first-order chi connectivity index (χ1) is 6.38. The van der Waals surface area contributed by atoms with E-state index in [1.54, 1.807) is 0 Å². The van der Waals surface area contributed by atoms with Gasteiger partial charge in [0.1, 0.15) is 11.5 Å². The van der Waals surface area contributed by atoms with Crippen LogP contribution in [0.15, 0.2) is 16.5 Å². The van der Waals surface area contributed by atoms with Gasteiger partial charge in [0.25, 0.3) is 0 Å². The van der Waals surface area contributed by atoms with E-state index in [0.717, 1.165) is 18.1 Å². The van der Waals surface area contributed by atoms with Crippen LogP contribution in [0.2, 0.25) is 0 Å². The van der Waals surface area contributed by atoms with Crippen LogP contribution >= 0.6 is 0 Å². The molecule has 0 unspecified atom stereocenters. The van der Waals surface area contributed by atoms with Gasteiger partial charge in [0.2, 0.25) is 0 Å². The average molecular weight is 180 g/mol. The normalized spacial score (nSPS) is 18.2. The molecule has 0 bridgehead atoms. The second kappa shape index (κ2) is 3.94. The van der Waals surface area contributed by atoms with E-state index in [4.69, 9.17) is 10.2 Å². The molecule has 3 nitrogen and oxygen atoms in total. The van der Waals surface area contributed by atoms with Crippen LogP contribution in [-0.2, 0) is 13.1 Å². The number of furan rings is 1. The SMILES string of the molecule is NCc1ccc(CN2CCCC2)o1. The quantitative estimate of drug-likeness (QED) is 0.763. The van der Waals surface area contributed by atoms with Crippen molar-refractivity contribution in [3.63, 3.8) is 0 Å². The summed E-state index contributed by atoms with van der Waals surface area (Å²) in [6.07, 6.45) is 2.65. The Morgan fingerprint density at radius 3 is 2.54 bits per heavy atom. The summed E-state index contributed by atoms with van der Waals surface area (Å²) >= 11 is 0. The molecule has 3 heteroatoms. The molecule has 1 fully saturated rings. The van der Waals surface area contributed by atoms with E-state index in [0.29, 0.717) is 6.54 Å². The molecule has 0 aromatic carbocycles. The Hall–Kier alpha value is -0.800. The molecule has 1 aromatic heterocycles. The van der Waals surface area contributed by atoms with E-state index in [1.165, 1.54) is 25.9 Å². The second-order valence-electron chi connectivity index (χ2n) is 3.56. The summed E-state index contributed by atoms with van der Waals surface area (Å²) in [5.41, 5.74) is 5.46. The lowest BCUT2D eigenvalue weighted by Crippen LogP contribution is -2.17. The molecule has 0 amide bonds. The zero-order valence-electron chi connectivity index (χ0n) is 7.83. The molecule has 13 heavy (non-hydrogen) atoms. The van der Waals surface area contributed by atoms with Crippen molar-refractivity contribution >= 4 is 0 Å². The van der Waals surface area contributed by atoms with Crippen molar-refractivity contribution in [2.24, 2.45) is 5.73 Å². The van der Waals surface area contributed by atoms with Crippen molar-refractivity contribution in [2.75, 3.05) is 13.1 Å². The van der Waals surface area contributed by atoms with Crippen molar-refractivity contribution in [1.29, 1.82) is 0 Å². The molecular weight excluding hydrogens is 164 g/mol. The highest BCUT2D eigenvalue weighted by Crippen LogP contribution is 2.14. The van der Waals surface area contributed by atoms with Crippen LogP contribution in [0.5, 0.6) is 0 Å². The third-order valence-electron chi connectivity index (χ3n) is 2.50. The Balaban J connectivity index is 1.92. The first-order valence-corrected chi connectivity index (χ1v) is 4.88. The van der Waals surface area contributed by atoms with E-state index in [1.807, 2.05) is 12.1 Å². The summed E-state index contributed by atoms with van der Waals surface area (Å²) in [4.78, 5) is 2.42. The molecule has 2 rings (SSSR count). The minimum absolute atomic E-state index is 0.500.